The molecule has 0 saturated heterocycles. The van der Waals surface area contributed by atoms with Crippen LogP contribution in [0.25, 0.3) is 0 Å². The minimum Gasteiger partial charge on any atom is -0.258 e. The maximum absolute atomic E-state index is 4.39. The summed E-state index contributed by atoms with van der Waals surface area (Å²) in [6.07, 6.45) is 1.62. The van der Waals surface area contributed by atoms with Crippen LogP contribution in [0.3, 0.4) is 0 Å². The van der Waals surface area contributed by atoms with E-state index >= 15 is 0 Å². The lowest BCUT2D eigenvalue weighted by Gasteiger charge is -1.98. The van der Waals surface area contributed by atoms with Crippen molar-refractivity contribution in [2.24, 2.45) is 0 Å². The van der Waals surface area contributed by atoms with Crippen molar-refractivity contribution >= 4 is 0 Å². The number of nitrogens with zero attached hydrogens (tertiary/aromatic N) is 4. The van der Waals surface area contributed by atoms with Crippen LogP contribution in [0.5, 0.6) is 0 Å². The minimum absolute atomic E-state index is 0.730. The predicted molar refractivity (Wildman–Crippen MR) is 50.6 cm³/mol. The molecule has 0 fully saturated rings. The smallest absolute Gasteiger partial charge is 0.174 e. The van der Waals surface area contributed by atoms with Crippen LogP contribution < -0.4 is 0 Å². The summed E-state index contributed by atoms with van der Waals surface area (Å²) in [5.74, 6) is 0.730. The summed E-state index contributed by atoms with van der Waals surface area (Å²) in [4.78, 5) is 4.39. The molecule has 14 heavy (non-hydrogen) atoms. The molecule has 0 amide bonds. The molecule has 0 unspecified atom stereocenters. The van der Waals surface area contributed by atoms with Crippen LogP contribution in [0.15, 0.2) is 18.2 Å². The fourth-order valence-electron chi connectivity index (χ4n) is 1.27. The highest BCUT2D eigenvalue weighted by atomic mass is 15.5. The van der Waals surface area contributed by atoms with Crippen molar-refractivity contribution in [2.45, 2.75) is 19.8 Å². The normalized spacial score (nSPS) is 10.4. The van der Waals surface area contributed by atoms with E-state index in [4.69, 9.17) is 0 Å². The first-order chi connectivity index (χ1) is 6.84. The Balaban J connectivity index is 1.98. The van der Waals surface area contributed by atoms with Gasteiger partial charge in [-0.05, 0) is 25.5 Å². The van der Waals surface area contributed by atoms with Crippen molar-refractivity contribution in [3.8, 4) is 0 Å². The van der Waals surface area contributed by atoms with E-state index in [1.54, 1.807) is 0 Å². The number of tetrazole rings is 1. The summed E-state index contributed by atoms with van der Waals surface area (Å²) in [7, 11) is 0. The molecule has 0 aliphatic carbocycles. The number of pyridine rings is 1. The van der Waals surface area contributed by atoms with E-state index in [-0.39, 0.29) is 0 Å². The van der Waals surface area contributed by atoms with Gasteiger partial charge in [-0.2, -0.15) is 5.21 Å². The molecule has 1 N–H and O–H groups in total. The number of aryl methyl sites for hydroxylation is 3. The number of H-pyrrole nitrogens is 1. The van der Waals surface area contributed by atoms with Gasteiger partial charge < -0.3 is 0 Å². The fourth-order valence-corrected chi connectivity index (χ4v) is 1.27. The van der Waals surface area contributed by atoms with E-state index in [2.05, 4.69) is 25.6 Å². The van der Waals surface area contributed by atoms with Crippen molar-refractivity contribution in [1.29, 1.82) is 0 Å². The Morgan fingerprint density at radius 3 is 2.93 bits per heavy atom. The zero-order valence-electron chi connectivity index (χ0n) is 7.94. The lowest BCUT2D eigenvalue weighted by Crippen LogP contribution is -1.97. The van der Waals surface area contributed by atoms with E-state index in [0.29, 0.717) is 0 Å². The Labute approximate surface area is 81.6 Å². The maximum atomic E-state index is 4.39. The van der Waals surface area contributed by atoms with Gasteiger partial charge in [0.15, 0.2) is 5.82 Å². The fraction of sp³-hybridized carbons (Fsp3) is 0.333. The third-order valence-electron chi connectivity index (χ3n) is 1.94. The van der Waals surface area contributed by atoms with Gasteiger partial charge in [0, 0.05) is 17.8 Å². The van der Waals surface area contributed by atoms with Gasteiger partial charge in [0.2, 0.25) is 0 Å². The van der Waals surface area contributed by atoms with Gasteiger partial charge in [0.25, 0.3) is 0 Å². The Kier molecular flexibility index (Phi) is 2.48. The summed E-state index contributed by atoms with van der Waals surface area (Å²) in [6.45, 7) is 1.98. The van der Waals surface area contributed by atoms with Gasteiger partial charge in [-0.25, -0.2) is 0 Å². The summed E-state index contributed by atoms with van der Waals surface area (Å²) in [5, 5.41) is 13.7. The van der Waals surface area contributed by atoms with Crippen molar-refractivity contribution < 1.29 is 0 Å². The molecular formula is C9H11N5. The first kappa shape index (κ1) is 8.80. The molecule has 5 nitrogen and oxygen atoms in total. The van der Waals surface area contributed by atoms with Gasteiger partial charge in [-0.15, -0.1) is 10.2 Å². The molecule has 0 radical (unpaired) electrons. The Morgan fingerprint density at radius 1 is 1.29 bits per heavy atom. The molecule has 0 bridgehead atoms. The number of aromatic amines is 1. The number of nitrogens with one attached hydrogen (secondary N) is 1. The zero-order valence-corrected chi connectivity index (χ0v) is 7.94. The molecule has 0 aromatic carbocycles. The molecule has 5 heteroatoms. The van der Waals surface area contributed by atoms with Gasteiger partial charge in [0.1, 0.15) is 0 Å². The first-order valence-corrected chi connectivity index (χ1v) is 4.49. The average molecular weight is 189 g/mol. The summed E-state index contributed by atoms with van der Waals surface area (Å²) in [6, 6.07) is 6.00. The van der Waals surface area contributed by atoms with E-state index in [0.717, 1.165) is 30.1 Å². The van der Waals surface area contributed by atoms with Crippen LogP contribution >= 0.6 is 0 Å². The number of rotatable bonds is 3. The van der Waals surface area contributed by atoms with Crippen molar-refractivity contribution in [3.05, 3.63) is 35.4 Å². The van der Waals surface area contributed by atoms with Crippen molar-refractivity contribution in [2.75, 3.05) is 0 Å². The van der Waals surface area contributed by atoms with Gasteiger partial charge in [0.05, 0.1) is 0 Å². The molecule has 0 aliphatic heterocycles. The third-order valence-corrected chi connectivity index (χ3v) is 1.94. The van der Waals surface area contributed by atoms with E-state index < -0.39 is 0 Å². The topological polar surface area (TPSA) is 67.3 Å². The van der Waals surface area contributed by atoms with Crippen LogP contribution in [-0.2, 0) is 12.8 Å². The van der Waals surface area contributed by atoms with Gasteiger partial charge >= 0.3 is 0 Å². The molecule has 2 heterocycles. The molecule has 72 valence electrons. The molecule has 2 rings (SSSR count). The second kappa shape index (κ2) is 3.95. The van der Waals surface area contributed by atoms with Crippen molar-refractivity contribution in [3.63, 3.8) is 0 Å². The summed E-state index contributed by atoms with van der Waals surface area (Å²) < 4.78 is 0. The Morgan fingerprint density at radius 2 is 2.21 bits per heavy atom. The van der Waals surface area contributed by atoms with Crippen LogP contribution in [0.1, 0.15) is 17.2 Å². The summed E-state index contributed by atoms with van der Waals surface area (Å²) in [5.41, 5.74) is 2.10. The first-order valence-electron chi connectivity index (χ1n) is 4.49. The van der Waals surface area contributed by atoms with Crippen LogP contribution in [0.4, 0.5) is 0 Å². The highest BCUT2D eigenvalue weighted by Crippen LogP contribution is 2.01. The molecule has 0 spiro atoms. The van der Waals surface area contributed by atoms with Crippen LogP contribution in [0.2, 0.25) is 0 Å². The van der Waals surface area contributed by atoms with E-state index in [9.17, 15) is 0 Å². The number of hydrogen-bond acceptors (Lipinski definition) is 4. The third kappa shape index (κ3) is 2.12. The largest absolute Gasteiger partial charge is 0.258 e. The Hall–Kier alpha value is -1.78. The monoisotopic (exact) mass is 189 g/mol. The average Bonchev–Trinajstić information content (AvgIpc) is 2.67. The maximum Gasteiger partial charge on any atom is 0.174 e. The van der Waals surface area contributed by atoms with Gasteiger partial charge in [-0.3, -0.25) is 4.98 Å². The van der Waals surface area contributed by atoms with Crippen LogP contribution in [0, 0.1) is 6.92 Å². The lowest BCUT2D eigenvalue weighted by atomic mass is 10.2. The number of hydrogen-bond donors (Lipinski definition) is 1. The molecule has 0 saturated carbocycles. The summed E-state index contributed by atoms with van der Waals surface area (Å²) >= 11 is 0. The highest BCUT2D eigenvalue weighted by molar-refractivity contribution is 5.10. The second-order valence-electron chi connectivity index (χ2n) is 3.10. The second-order valence-corrected chi connectivity index (χ2v) is 3.10. The SMILES string of the molecule is Cc1cccc(CCc2nn[nH]n2)n1. The van der Waals surface area contributed by atoms with Crippen molar-refractivity contribution in [1.82, 2.24) is 25.6 Å². The molecule has 2 aromatic rings. The number of aromatic nitrogens is 5. The standard InChI is InChI=1S/C9H11N5/c1-7-3-2-4-8(10-7)5-6-9-11-13-14-12-9/h2-4H,5-6H2,1H3,(H,11,12,13,14). The molecule has 0 atom stereocenters. The quantitative estimate of drug-likeness (QED) is 0.771. The van der Waals surface area contributed by atoms with E-state index in [1.165, 1.54) is 0 Å². The zero-order chi connectivity index (χ0) is 9.80. The highest BCUT2D eigenvalue weighted by Gasteiger charge is 2.00. The predicted octanol–water partition coefficient (Wildman–Crippen LogP) is 0.688. The minimum atomic E-state index is 0.730. The van der Waals surface area contributed by atoms with Crippen LogP contribution in [-0.4, -0.2) is 25.6 Å². The van der Waals surface area contributed by atoms with E-state index in [1.807, 2.05) is 25.1 Å². The molecular weight excluding hydrogens is 178 g/mol. The molecule has 0 aliphatic rings. The molecule has 2 aromatic heterocycles. The Bertz CT molecular complexity index is 395. The van der Waals surface area contributed by atoms with Gasteiger partial charge in [-0.1, -0.05) is 11.3 Å². The lowest BCUT2D eigenvalue weighted by molar-refractivity contribution is 0.836.